The third-order valence-corrected chi connectivity index (χ3v) is 6.12. The molecule has 2 atom stereocenters. The van der Waals surface area contributed by atoms with Crippen molar-refractivity contribution in [1.29, 1.82) is 0 Å². The van der Waals surface area contributed by atoms with E-state index in [0.717, 1.165) is 12.8 Å². The van der Waals surface area contributed by atoms with Gasteiger partial charge in [-0.25, -0.2) is 0 Å². The summed E-state index contributed by atoms with van der Waals surface area (Å²) in [5.74, 6) is -0.424. The van der Waals surface area contributed by atoms with E-state index in [1.807, 2.05) is 6.92 Å². The Labute approximate surface area is 188 Å². The summed E-state index contributed by atoms with van der Waals surface area (Å²) in [7, 11) is 1.41. The smallest absolute Gasteiger partial charge is 0.308 e. The van der Waals surface area contributed by atoms with Crippen LogP contribution in [0.3, 0.4) is 0 Å². The Balaban J connectivity index is 0. The van der Waals surface area contributed by atoms with E-state index >= 15 is 0 Å². The van der Waals surface area contributed by atoms with Gasteiger partial charge in [-0.05, 0) is 12.8 Å². The lowest BCUT2D eigenvalue weighted by Gasteiger charge is -2.14. The van der Waals surface area contributed by atoms with Crippen LogP contribution in [0.4, 0.5) is 0 Å². The molecule has 0 aromatic heterocycles. The monoisotopic (exact) mass is 429 g/mol. The first kappa shape index (κ1) is 31.6. The van der Waals surface area contributed by atoms with E-state index in [2.05, 4.69) is 6.92 Å². The molecule has 182 valence electrons. The Bertz CT molecular complexity index is 349. The summed E-state index contributed by atoms with van der Waals surface area (Å²) < 4.78 is 4.70. The van der Waals surface area contributed by atoms with Crippen molar-refractivity contribution in [3.05, 3.63) is 0 Å². The Morgan fingerprint density at radius 3 is 1.37 bits per heavy atom. The second-order valence-corrected chi connectivity index (χ2v) is 9.11. The molecule has 0 bridgehead atoms. The van der Waals surface area contributed by atoms with E-state index in [9.17, 15) is 9.90 Å². The molecular weight excluding hydrogens is 374 g/mol. The molecule has 0 amide bonds. The van der Waals surface area contributed by atoms with Crippen LogP contribution in [0, 0.1) is 5.92 Å². The standard InChI is InChI=1S/C26H52O3.H3N/c1-4-5-6-7-8-9-10-11-12-13-14-15-16-17-18-19-20-21-22-25(27)23-24(2)26(28)29-3;/h24-25,27H,4-23H2,1-3H3;1H3. The fourth-order valence-electron chi connectivity index (χ4n) is 4.10. The van der Waals surface area contributed by atoms with Gasteiger partial charge in [-0.2, -0.15) is 0 Å². The van der Waals surface area contributed by atoms with Crippen LogP contribution in [0.2, 0.25) is 0 Å². The second-order valence-electron chi connectivity index (χ2n) is 9.11. The maximum atomic E-state index is 11.4. The van der Waals surface area contributed by atoms with Crippen LogP contribution in [0.25, 0.3) is 0 Å². The van der Waals surface area contributed by atoms with Gasteiger partial charge in [0.25, 0.3) is 0 Å². The lowest BCUT2D eigenvalue weighted by atomic mass is 9.99. The van der Waals surface area contributed by atoms with Gasteiger partial charge in [0.1, 0.15) is 0 Å². The summed E-state index contributed by atoms with van der Waals surface area (Å²) in [5, 5.41) is 9.99. The maximum absolute atomic E-state index is 11.4. The number of hydrogen-bond donors (Lipinski definition) is 2. The third-order valence-electron chi connectivity index (χ3n) is 6.12. The molecule has 0 heterocycles. The lowest BCUT2D eigenvalue weighted by molar-refractivity contribution is -0.145. The molecule has 0 aromatic rings. The van der Waals surface area contributed by atoms with Crippen molar-refractivity contribution in [2.75, 3.05) is 7.11 Å². The number of methoxy groups -OCH3 is 1. The molecular formula is C26H55NO3. The largest absolute Gasteiger partial charge is 0.469 e. The van der Waals surface area contributed by atoms with Gasteiger partial charge < -0.3 is 16.0 Å². The molecule has 0 aromatic carbocycles. The number of unbranched alkanes of at least 4 members (excludes halogenated alkanes) is 17. The zero-order valence-corrected chi connectivity index (χ0v) is 20.8. The quantitative estimate of drug-likeness (QED) is 0.134. The number of aliphatic hydroxyl groups excluding tert-OH is 1. The lowest BCUT2D eigenvalue weighted by Crippen LogP contribution is -2.19. The van der Waals surface area contributed by atoms with Crippen LogP contribution >= 0.6 is 0 Å². The summed E-state index contributed by atoms with van der Waals surface area (Å²) in [5.41, 5.74) is 0. The van der Waals surface area contributed by atoms with Crippen molar-refractivity contribution in [3.63, 3.8) is 0 Å². The van der Waals surface area contributed by atoms with Gasteiger partial charge in [-0.3, -0.25) is 4.79 Å². The van der Waals surface area contributed by atoms with Crippen molar-refractivity contribution in [2.45, 2.75) is 148 Å². The van der Waals surface area contributed by atoms with Crippen LogP contribution in [0.1, 0.15) is 142 Å². The molecule has 30 heavy (non-hydrogen) atoms. The topological polar surface area (TPSA) is 81.5 Å². The number of rotatable bonds is 22. The Morgan fingerprint density at radius 1 is 0.700 bits per heavy atom. The number of carbonyl (C=O) groups excluding carboxylic acids is 1. The fourth-order valence-corrected chi connectivity index (χ4v) is 4.10. The van der Waals surface area contributed by atoms with E-state index in [-0.39, 0.29) is 24.1 Å². The van der Waals surface area contributed by atoms with Gasteiger partial charge in [0, 0.05) is 0 Å². The molecule has 0 radical (unpaired) electrons. The van der Waals surface area contributed by atoms with Crippen LogP contribution in [0.5, 0.6) is 0 Å². The number of esters is 1. The minimum absolute atomic E-state index is 0. The molecule has 2 unspecified atom stereocenters. The Kier molecular flexibility index (Phi) is 26.0. The molecule has 0 spiro atoms. The molecule has 4 heteroatoms. The molecule has 0 aliphatic carbocycles. The fraction of sp³-hybridized carbons (Fsp3) is 0.962. The van der Waals surface area contributed by atoms with E-state index in [1.54, 1.807) is 0 Å². The van der Waals surface area contributed by atoms with Gasteiger partial charge in [0.2, 0.25) is 0 Å². The predicted molar refractivity (Wildman–Crippen MR) is 130 cm³/mol. The predicted octanol–water partition coefficient (Wildman–Crippen LogP) is 8.14. The van der Waals surface area contributed by atoms with Gasteiger partial charge in [0.15, 0.2) is 0 Å². The Hall–Kier alpha value is -0.610. The normalized spacial score (nSPS) is 12.9. The maximum Gasteiger partial charge on any atom is 0.308 e. The highest BCUT2D eigenvalue weighted by Crippen LogP contribution is 2.16. The zero-order valence-electron chi connectivity index (χ0n) is 20.8. The number of carbonyl (C=O) groups is 1. The van der Waals surface area contributed by atoms with E-state index in [0.29, 0.717) is 6.42 Å². The summed E-state index contributed by atoms with van der Waals surface area (Å²) >= 11 is 0. The molecule has 4 N–H and O–H groups in total. The van der Waals surface area contributed by atoms with Gasteiger partial charge in [-0.1, -0.05) is 129 Å². The first-order chi connectivity index (χ1) is 14.1. The minimum atomic E-state index is -0.370. The average Bonchev–Trinajstić information content (AvgIpc) is 2.72. The summed E-state index contributed by atoms with van der Waals surface area (Å²) in [6, 6.07) is 0. The summed E-state index contributed by atoms with van der Waals surface area (Å²) in [4.78, 5) is 11.4. The molecule has 0 saturated carbocycles. The van der Waals surface area contributed by atoms with Crippen LogP contribution < -0.4 is 6.15 Å². The van der Waals surface area contributed by atoms with Crippen molar-refractivity contribution in [3.8, 4) is 0 Å². The van der Waals surface area contributed by atoms with Crippen molar-refractivity contribution in [1.82, 2.24) is 6.15 Å². The molecule has 0 aliphatic heterocycles. The summed E-state index contributed by atoms with van der Waals surface area (Å²) in [6.07, 6.45) is 25.7. The third kappa shape index (κ3) is 22.1. The van der Waals surface area contributed by atoms with Gasteiger partial charge in [0.05, 0.1) is 19.1 Å². The number of aliphatic hydroxyl groups is 1. The van der Waals surface area contributed by atoms with Crippen LogP contribution in [-0.4, -0.2) is 24.3 Å². The zero-order chi connectivity index (χ0) is 21.6. The van der Waals surface area contributed by atoms with E-state index in [1.165, 1.54) is 116 Å². The number of ether oxygens (including phenoxy) is 1. The second kappa shape index (κ2) is 24.7. The van der Waals surface area contributed by atoms with Gasteiger partial charge in [-0.15, -0.1) is 0 Å². The van der Waals surface area contributed by atoms with Gasteiger partial charge >= 0.3 is 5.97 Å². The highest BCUT2D eigenvalue weighted by Gasteiger charge is 2.17. The highest BCUT2D eigenvalue weighted by atomic mass is 16.5. The van der Waals surface area contributed by atoms with Crippen molar-refractivity contribution >= 4 is 5.97 Å². The number of hydrogen-bond acceptors (Lipinski definition) is 4. The highest BCUT2D eigenvalue weighted by molar-refractivity contribution is 5.71. The SMILES string of the molecule is CCCCCCCCCCCCCCCCCCCCC(O)CC(C)C(=O)OC.N. The molecule has 0 fully saturated rings. The molecule has 4 nitrogen and oxygen atoms in total. The molecule has 0 aliphatic rings. The minimum Gasteiger partial charge on any atom is -0.469 e. The van der Waals surface area contributed by atoms with Crippen LogP contribution in [0.15, 0.2) is 0 Å². The molecule has 0 rings (SSSR count). The first-order valence-electron chi connectivity index (χ1n) is 12.9. The average molecular weight is 430 g/mol. The first-order valence-corrected chi connectivity index (χ1v) is 12.9. The Morgan fingerprint density at radius 2 is 1.03 bits per heavy atom. The van der Waals surface area contributed by atoms with Crippen molar-refractivity contribution < 1.29 is 14.6 Å². The van der Waals surface area contributed by atoms with Crippen LogP contribution in [-0.2, 0) is 9.53 Å². The van der Waals surface area contributed by atoms with Crippen molar-refractivity contribution in [2.24, 2.45) is 5.92 Å². The van der Waals surface area contributed by atoms with E-state index < -0.39 is 0 Å². The summed E-state index contributed by atoms with van der Waals surface area (Å²) in [6.45, 7) is 4.11. The molecule has 0 saturated heterocycles. The van der Waals surface area contributed by atoms with E-state index in [4.69, 9.17) is 4.74 Å².